The summed E-state index contributed by atoms with van der Waals surface area (Å²) < 4.78 is 5.24. The van der Waals surface area contributed by atoms with Gasteiger partial charge in [-0.3, -0.25) is 20.3 Å². The number of amides is 4. The van der Waals surface area contributed by atoms with E-state index in [2.05, 4.69) is 26.7 Å². The number of aryl methyl sites for hydroxylation is 1. The van der Waals surface area contributed by atoms with Crippen molar-refractivity contribution in [3.05, 3.63) is 23.7 Å². The Morgan fingerprint density at radius 1 is 1.48 bits per heavy atom. The van der Waals surface area contributed by atoms with Crippen molar-refractivity contribution in [1.82, 2.24) is 21.6 Å². The molecule has 4 N–H and O–H groups in total. The van der Waals surface area contributed by atoms with Crippen molar-refractivity contribution in [2.75, 3.05) is 0 Å². The first-order valence-electron chi connectivity index (χ1n) is 6.29. The standard InChI is InChI=1S/C12H15N5O4/c1-7-2-3-8(21-7)6-13-16-10(18)5-4-9-11(19)14-12(20)17-15-9/h2-3,6,9,15H,4-5H2,1H3,(H,16,18)(H2,14,17,19,20)/b13-6-. The molecule has 0 bridgehead atoms. The fourth-order valence-corrected chi connectivity index (χ4v) is 1.67. The Balaban J connectivity index is 1.71. The number of nitrogens with zero attached hydrogens (tertiary/aromatic N) is 1. The number of hydrogen-bond acceptors (Lipinski definition) is 6. The predicted octanol–water partition coefficient (Wildman–Crippen LogP) is -0.469. The summed E-state index contributed by atoms with van der Waals surface area (Å²) in [4.78, 5) is 33.8. The Morgan fingerprint density at radius 3 is 2.95 bits per heavy atom. The summed E-state index contributed by atoms with van der Waals surface area (Å²) in [7, 11) is 0. The van der Waals surface area contributed by atoms with Gasteiger partial charge in [-0.1, -0.05) is 0 Å². The van der Waals surface area contributed by atoms with E-state index in [4.69, 9.17) is 4.42 Å². The van der Waals surface area contributed by atoms with E-state index in [0.717, 1.165) is 5.76 Å². The zero-order valence-corrected chi connectivity index (χ0v) is 11.3. The average molecular weight is 293 g/mol. The van der Waals surface area contributed by atoms with Crippen LogP contribution in [0.5, 0.6) is 0 Å². The number of carbonyl (C=O) groups excluding carboxylic acids is 3. The minimum Gasteiger partial charge on any atom is -0.460 e. The second-order valence-corrected chi connectivity index (χ2v) is 4.42. The third-order valence-electron chi connectivity index (χ3n) is 2.72. The van der Waals surface area contributed by atoms with Crippen LogP contribution in [0.15, 0.2) is 21.7 Å². The molecule has 1 aromatic heterocycles. The predicted molar refractivity (Wildman–Crippen MR) is 72.0 cm³/mol. The molecule has 1 aromatic rings. The Kier molecular flexibility index (Phi) is 4.67. The summed E-state index contributed by atoms with van der Waals surface area (Å²) in [5.74, 6) is 0.463. The number of imide groups is 1. The molecule has 1 unspecified atom stereocenters. The maximum Gasteiger partial charge on any atom is 0.335 e. The van der Waals surface area contributed by atoms with E-state index in [1.165, 1.54) is 6.21 Å². The lowest BCUT2D eigenvalue weighted by Crippen LogP contribution is -2.62. The smallest absolute Gasteiger partial charge is 0.335 e. The molecule has 1 aliphatic rings. The van der Waals surface area contributed by atoms with Gasteiger partial charge in [0, 0.05) is 6.42 Å². The summed E-state index contributed by atoms with van der Waals surface area (Å²) in [6, 6.07) is 2.25. The quantitative estimate of drug-likeness (QED) is 0.431. The topological polar surface area (TPSA) is 125 Å². The molecule has 0 radical (unpaired) electrons. The molecule has 1 saturated heterocycles. The SMILES string of the molecule is Cc1ccc(/C=N\NC(=O)CCC2NNC(=O)NC2=O)o1. The van der Waals surface area contributed by atoms with E-state index in [-0.39, 0.29) is 18.7 Å². The Bertz CT molecular complexity index is 580. The van der Waals surface area contributed by atoms with Crippen molar-refractivity contribution in [3.63, 3.8) is 0 Å². The van der Waals surface area contributed by atoms with Crippen molar-refractivity contribution in [2.24, 2.45) is 5.10 Å². The van der Waals surface area contributed by atoms with E-state index in [9.17, 15) is 14.4 Å². The lowest BCUT2D eigenvalue weighted by molar-refractivity contribution is -0.124. The molecule has 21 heavy (non-hydrogen) atoms. The van der Waals surface area contributed by atoms with Crippen LogP contribution in [0.4, 0.5) is 4.79 Å². The second kappa shape index (κ2) is 6.66. The van der Waals surface area contributed by atoms with E-state index in [1.54, 1.807) is 19.1 Å². The van der Waals surface area contributed by atoms with Gasteiger partial charge >= 0.3 is 6.03 Å². The molecule has 112 valence electrons. The first-order valence-corrected chi connectivity index (χ1v) is 6.29. The highest BCUT2D eigenvalue weighted by atomic mass is 16.3. The van der Waals surface area contributed by atoms with Crippen molar-refractivity contribution in [1.29, 1.82) is 0 Å². The van der Waals surface area contributed by atoms with Gasteiger partial charge in [0.15, 0.2) is 0 Å². The third-order valence-corrected chi connectivity index (χ3v) is 2.72. The van der Waals surface area contributed by atoms with Gasteiger partial charge in [-0.05, 0) is 25.5 Å². The summed E-state index contributed by atoms with van der Waals surface area (Å²) >= 11 is 0. The van der Waals surface area contributed by atoms with Crippen LogP contribution in [-0.4, -0.2) is 30.1 Å². The molecular formula is C12H15N5O4. The summed E-state index contributed by atoms with van der Waals surface area (Å²) in [5, 5.41) is 5.84. The molecule has 2 heterocycles. The van der Waals surface area contributed by atoms with Gasteiger partial charge in [-0.25, -0.2) is 15.6 Å². The van der Waals surface area contributed by atoms with Gasteiger partial charge < -0.3 is 4.42 Å². The third kappa shape index (κ3) is 4.42. The monoisotopic (exact) mass is 293 g/mol. The molecule has 4 amide bonds. The number of hydrazone groups is 1. The number of furan rings is 1. The van der Waals surface area contributed by atoms with Crippen LogP contribution in [-0.2, 0) is 9.59 Å². The Labute approximate surface area is 120 Å². The fraction of sp³-hybridized carbons (Fsp3) is 0.333. The minimum atomic E-state index is -0.648. The number of hydrazine groups is 1. The van der Waals surface area contributed by atoms with E-state index >= 15 is 0 Å². The maximum atomic E-state index is 11.5. The molecule has 2 rings (SSSR count). The normalized spacial score (nSPS) is 18.4. The van der Waals surface area contributed by atoms with Gasteiger partial charge in [-0.2, -0.15) is 5.10 Å². The molecule has 0 spiro atoms. The summed E-state index contributed by atoms with van der Waals surface area (Å²) in [6.45, 7) is 1.80. The van der Waals surface area contributed by atoms with Crippen LogP contribution in [0, 0.1) is 6.92 Å². The van der Waals surface area contributed by atoms with Crippen LogP contribution in [0.1, 0.15) is 24.4 Å². The molecule has 9 nitrogen and oxygen atoms in total. The lowest BCUT2D eigenvalue weighted by Gasteiger charge is -2.22. The zero-order chi connectivity index (χ0) is 15.2. The van der Waals surface area contributed by atoms with Gasteiger partial charge in [0.1, 0.15) is 17.6 Å². The average Bonchev–Trinajstić information content (AvgIpc) is 2.83. The van der Waals surface area contributed by atoms with E-state index in [0.29, 0.717) is 5.76 Å². The first-order chi connectivity index (χ1) is 10.0. The number of hydrogen-bond donors (Lipinski definition) is 4. The highest BCUT2D eigenvalue weighted by molar-refractivity contribution is 5.99. The van der Waals surface area contributed by atoms with Gasteiger partial charge in [-0.15, -0.1) is 0 Å². The molecule has 1 fully saturated rings. The highest BCUT2D eigenvalue weighted by Crippen LogP contribution is 2.03. The Hall–Kier alpha value is -2.68. The first kappa shape index (κ1) is 14.7. The number of carbonyl (C=O) groups is 3. The molecule has 0 aliphatic carbocycles. The molecule has 1 aliphatic heterocycles. The largest absolute Gasteiger partial charge is 0.460 e. The summed E-state index contributed by atoms with van der Waals surface area (Å²) in [5.41, 5.74) is 7.10. The van der Waals surface area contributed by atoms with Crippen LogP contribution >= 0.6 is 0 Å². The van der Waals surface area contributed by atoms with Crippen molar-refractivity contribution >= 4 is 24.1 Å². The van der Waals surface area contributed by atoms with Gasteiger partial charge in [0.05, 0.1) is 6.21 Å². The number of urea groups is 1. The van der Waals surface area contributed by atoms with Crippen molar-refractivity contribution in [2.45, 2.75) is 25.8 Å². The minimum absolute atomic E-state index is 0.0788. The van der Waals surface area contributed by atoms with Gasteiger partial charge in [0.25, 0.3) is 0 Å². The van der Waals surface area contributed by atoms with Crippen molar-refractivity contribution < 1.29 is 18.8 Å². The van der Waals surface area contributed by atoms with Crippen LogP contribution in [0.25, 0.3) is 0 Å². The summed E-state index contributed by atoms with van der Waals surface area (Å²) in [6.07, 6.45) is 1.69. The van der Waals surface area contributed by atoms with Crippen LogP contribution in [0.3, 0.4) is 0 Å². The highest BCUT2D eigenvalue weighted by Gasteiger charge is 2.25. The van der Waals surface area contributed by atoms with E-state index < -0.39 is 18.0 Å². The molecule has 0 aromatic carbocycles. The van der Waals surface area contributed by atoms with Crippen LogP contribution < -0.4 is 21.6 Å². The molecule has 0 saturated carbocycles. The fourth-order valence-electron chi connectivity index (χ4n) is 1.67. The maximum absolute atomic E-state index is 11.5. The van der Waals surface area contributed by atoms with Crippen molar-refractivity contribution in [3.8, 4) is 0 Å². The van der Waals surface area contributed by atoms with E-state index in [1.807, 2.05) is 0 Å². The molecule has 1 atom stereocenters. The second-order valence-electron chi connectivity index (χ2n) is 4.42. The zero-order valence-electron chi connectivity index (χ0n) is 11.3. The van der Waals surface area contributed by atoms with Crippen LogP contribution in [0.2, 0.25) is 0 Å². The number of rotatable bonds is 5. The molecular weight excluding hydrogens is 278 g/mol. The lowest BCUT2D eigenvalue weighted by atomic mass is 10.1. The Morgan fingerprint density at radius 2 is 2.29 bits per heavy atom. The van der Waals surface area contributed by atoms with Gasteiger partial charge in [0.2, 0.25) is 11.8 Å². The number of nitrogens with one attached hydrogen (secondary N) is 4. The molecule has 9 heteroatoms.